The van der Waals surface area contributed by atoms with Gasteiger partial charge in [0.25, 0.3) is 0 Å². The number of halogens is 1. The fraction of sp³-hybridized carbons (Fsp3) is 0.400. The van der Waals surface area contributed by atoms with E-state index in [0.717, 1.165) is 5.56 Å². The van der Waals surface area contributed by atoms with Crippen LogP contribution < -0.4 is 10.6 Å². The van der Waals surface area contributed by atoms with E-state index in [4.69, 9.17) is 11.6 Å². The number of fused-ring (bicyclic) bond motifs is 4. The molecule has 2 aromatic rings. The standard InChI is InChI=1S/C25H26ClN3O3/c1-14(2)13-18-19-20(23(31)29(22(19)30)12-11-15-7-4-3-5-8-15)25(28-18)16-9-6-10-17(26)21(16)27-24(25)32/h3-10,14,18-20,28H,11-13H2,1-2H3,(H,27,32)/t18-,19+,20-,25-/m0/s1. The predicted octanol–water partition coefficient (Wildman–Crippen LogP) is 3.35. The van der Waals surface area contributed by atoms with E-state index >= 15 is 0 Å². The highest BCUT2D eigenvalue weighted by molar-refractivity contribution is 6.35. The molecule has 2 N–H and O–H groups in total. The van der Waals surface area contributed by atoms with Crippen molar-refractivity contribution in [3.63, 3.8) is 0 Å². The lowest BCUT2D eigenvalue weighted by Crippen LogP contribution is -2.53. The quantitative estimate of drug-likeness (QED) is 0.683. The lowest BCUT2D eigenvalue weighted by atomic mass is 9.76. The Labute approximate surface area is 192 Å². The molecular weight excluding hydrogens is 426 g/mol. The number of amides is 3. The highest BCUT2D eigenvalue weighted by Crippen LogP contribution is 2.54. The van der Waals surface area contributed by atoms with Crippen LogP contribution in [0.1, 0.15) is 31.4 Å². The van der Waals surface area contributed by atoms with Gasteiger partial charge >= 0.3 is 0 Å². The second kappa shape index (κ2) is 7.71. The van der Waals surface area contributed by atoms with Gasteiger partial charge in [0.1, 0.15) is 5.54 Å². The zero-order valence-corrected chi connectivity index (χ0v) is 18.9. The first-order chi connectivity index (χ1) is 15.3. The van der Waals surface area contributed by atoms with Gasteiger partial charge in [-0.3, -0.25) is 24.6 Å². The number of likely N-dealkylation sites (tertiary alicyclic amines) is 1. The second-order valence-corrected chi connectivity index (χ2v) is 9.78. The van der Waals surface area contributed by atoms with Crippen LogP contribution in [0.2, 0.25) is 5.02 Å². The second-order valence-electron chi connectivity index (χ2n) is 9.37. The summed E-state index contributed by atoms with van der Waals surface area (Å²) in [6.45, 7) is 4.47. The molecular formula is C25H26ClN3O3. The molecule has 166 valence electrons. The lowest BCUT2D eigenvalue weighted by Gasteiger charge is -2.30. The van der Waals surface area contributed by atoms with Crippen LogP contribution in [0, 0.1) is 17.8 Å². The van der Waals surface area contributed by atoms with Crippen LogP contribution in [0.3, 0.4) is 0 Å². The highest BCUT2D eigenvalue weighted by Gasteiger charge is 2.70. The molecule has 1 spiro atoms. The zero-order chi connectivity index (χ0) is 22.6. The number of nitrogens with one attached hydrogen (secondary N) is 2. The van der Waals surface area contributed by atoms with Crippen molar-refractivity contribution in [1.82, 2.24) is 10.2 Å². The molecule has 4 atom stereocenters. The molecule has 3 heterocycles. The molecule has 2 saturated heterocycles. The van der Waals surface area contributed by atoms with Crippen molar-refractivity contribution < 1.29 is 14.4 Å². The third-order valence-corrected chi connectivity index (χ3v) is 7.30. The predicted molar refractivity (Wildman–Crippen MR) is 122 cm³/mol. The molecule has 0 bridgehead atoms. The van der Waals surface area contributed by atoms with Crippen molar-refractivity contribution in [1.29, 1.82) is 0 Å². The summed E-state index contributed by atoms with van der Waals surface area (Å²) in [4.78, 5) is 42.0. The first-order valence-corrected chi connectivity index (χ1v) is 11.5. The number of benzene rings is 2. The summed E-state index contributed by atoms with van der Waals surface area (Å²) in [6, 6.07) is 14.8. The fourth-order valence-corrected chi connectivity index (χ4v) is 5.89. The van der Waals surface area contributed by atoms with Gasteiger partial charge in [-0.1, -0.05) is 67.9 Å². The summed E-state index contributed by atoms with van der Waals surface area (Å²) in [5, 5.41) is 6.75. The molecule has 0 aliphatic carbocycles. The minimum absolute atomic E-state index is 0.186. The molecule has 0 saturated carbocycles. The van der Waals surface area contributed by atoms with Crippen molar-refractivity contribution in [3.8, 4) is 0 Å². The molecule has 0 radical (unpaired) electrons. The molecule has 3 aliphatic heterocycles. The Hall–Kier alpha value is -2.70. The van der Waals surface area contributed by atoms with E-state index in [0.29, 0.717) is 41.6 Å². The van der Waals surface area contributed by atoms with Gasteiger partial charge in [0, 0.05) is 18.2 Å². The van der Waals surface area contributed by atoms with E-state index in [1.807, 2.05) is 36.4 Å². The van der Waals surface area contributed by atoms with Crippen molar-refractivity contribution in [3.05, 3.63) is 64.7 Å². The van der Waals surface area contributed by atoms with E-state index < -0.39 is 17.4 Å². The summed E-state index contributed by atoms with van der Waals surface area (Å²) in [7, 11) is 0. The lowest BCUT2D eigenvalue weighted by molar-refractivity contribution is -0.142. The largest absolute Gasteiger partial charge is 0.323 e. The van der Waals surface area contributed by atoms with Crippen LogP contribution in [0.25, 0.3) is 0 Å². The van der Waals surface area contributed by atoms with Crippen LogP contribution in [0.4, 0.5) is 5.69 Å². The monoisotopic (exact) mass is 451 g/mol. The number of carbonyl (C=O) groups excluding carboxylic acids is 3. The Morgan fingerprint density at radius 1 is 1.03 bits per heavy atom. The van der Waals surface area contributed by atoms with Crippen molar-refractivity contribution in [2.24, 2.45) is 17.8 Å². The van der Waals surface area contributed by atoms with Gasteiger partial charge in [-0.15, -0.1) is 0 Å². The number of imide groups is 1. The average molecular weight is 452 g/mol. The zero-order valence-electron chi connectivity index (χ0n) is 18.1. The van der Waals surface area contributed by atoms with Gasteiger partial charge in [-0.25, -0.2) is 0 Å². The molecule has 0 aromatic heterocycles. The molecule has 7 heteroatoms. The Kier molecular flexibility index (Phi) is 5.10. The van der Waals surface area contributed by atoms with Gasteiger partial charge < -0.3 is 5.32 Å². The Morgan fingerprint density at radius 3 is 2.50 bits per heavy atom. The molecule has 32 heavy (non-hydrogen) atoms. The number of nitrogens with zero attached hydrogens (tertiary/aromatic N) is 1. The molecule has 0 unspecified atom stereocenters. The van der Waals surface area contributed by atoms with E-state index in [1.165, 1.54) is 4.90 Å². The van der Waals surface area contributed by atoms with Gasteiger partial charge in [-0.05, 0) is 30.4 Å². The molecule has 2 fully saturated rings. The van der Waals surface area contributed by atoms with Crippen molar-refractivity contribution >= 4 is 35.0 Å². The minimum Gasteiger partial charge on any atom is -0.323 e. The van der Waals surface area contributed by atoms with E-state index in [1.54, 1.807) is 12.1 Å². The van der Waals surface area contributed by atoms with Crippen molar-refractivity contribution in [2.75, 3.05) is 11.9 Å². The van der Waals surface area contributed by atoms with Crippen LogP contribution in [0.5, 0.6) is 0 Å². The highest BCUT2D eigenvalue weighted by atomic mass is 35.5. The number of hydrogen-bond donors (Lipinski definition) is 2. The van der Waals surface area contributed by atoms with Crippen molar-refractivity contribution in [2.45, 2.75) is 38.3 Å². The minimum atomic E-state index is -1.28. The number of hydrogen-bond acceptors (Lipinski definition) is 4. The SMILES string of the molecule is CC(C)C[C@@H]1N[C@]2(C(=O)Nc3c(Cl)cccc32)[C@@H]2C(=O)N(CCc3ccccc3)C(=O)[C@H]12. The van der Waals surface area contributed by atoms with Crippen LogP contribution in [-0.2, 0) is 26.3 Å². The number of carbonyl (C=O) groups is 3. The molecule has 2 aromatic carbocycles. The van der Waals surface area contributed by atoms with Gasteiger partial charge in [0.15, 0.2) is 0 Å². The Balaban J connectivity index is 1.55. The summed E-state index contributed by atoms with van der Waals surface area (Å²) < 4.78 is 0. The van der Waals surface area contributed by atoms with Crippen LogP contribution in [-0.4, -0.2) is 35.2 Å². The molecule has 3 amide bonds. The average Bonchev–Trinajstić information content (AvgIpc) is 3.33. The maximum absolute atomic E-state index is 13.7. The first kappa shape index (κ1) is 21.2. The maximum Gasteiger partial charge on any atom is 0.250 e. The van der Waals surface area contributed by atoms with Crippen LogP contribution >= 0.6 is 11.6 Å². The number of rotatable bonds is 5. The smallest absolute Gasteiger partial charge is 0.250 e. The normalized spacial score (nSPS) is 28.6. The fourth-order valence-electron chi connectivity index (χ4n) is 5.67. The number of para-hydroxylation sites is 1. The summed E-state index contributed by atoms with van der Waals surface area (Å²) >= 11 is 6.37. The topological polar surface area (TPSA) is 78.5 Å². The Morgan fingerprint density at radius 2 is 1.78 bits per heavy atom. The van der Waals surface area contributed by atoms with Gasteiger partial charge in [-0.2, -0.15) is 0 Å². The van der Waals surface area contributed by atoms with Crippen LogP contribution in [0.15, 0.2) is 48.5 Å². The maximum atomic E-state index is 13.7. The molecule has 5 rings (SSSR count). The Bertz CT molecular complexity index is 1100. The number of anilines is 1. The molecule has 6 nitrogen and oxygen atoms in total. The van der Waals surface area contributed by atoms with E-state index in [-0.39, 0.29) is 23.8 Å². The van der Waals surface area contributed by atoms with Gasteiger partial charge in [0.05, 0.1) is 22.5 Å². The van der Waals surface area contributed by atoms with E-state index in [2.05, 4.69) is 24.5 Å². The summed E-state index contributed by atoms with van der Waals surface area (Å²) in [5.74, 6) is -1.83. The summed E-state index contributed by atoms with van der Waals surface area (Å²) in [6.07, 6.45) is 1.28. The third kappa shape index (κ3) is 3.00. The van der Waals surface area contributed by atoms with Gasteiger partial charge in [0.2, 0.25) is 17.7 Å². The summed E-state index contributed by atoms with van der Waals surface area (Å²) in [5.41, 5.74) is 0.965. The third-order valence-electron chi connectivity index (χ3n) is 6.98. The van der Waals surface area contributed by atoms with E-state index in [9.17, 15) is 14.4 Å². The molecule has 3 aliphatic rings. The first-order valence-electron chi connectivity index (χ1n) is 11.1.